The van der Waals surface area contributed by atoms with E-state index in [-0.39, 0.29) is 18.1 Å². The summed E-state index contributed by atoms with van der Waals surface area (Å²) >= 11 is 0. The van der Waals surface area contributed by atoms with Gasteiger partial charge in [-0.25, -0.2) is 4.68 Å². The fourth-order valence-electron chi connectivity index (χ4n) is 4.00. The second-order valence-electron chi connectivity index (χ2n) is 7.39. The normalized spacial score (nSPS) is 17.2. The van der Waals surface area contributed by atoms with E-state index >= 15 is 0 Å². The van der Waals surface area contributed by atoms with Crippen LogP contribution in [0, 0.1) is 13.8 Å². The number of aryl methyl sites for hydroxylation is 1. The zero-order valence-corrected chi connectivity index (χ0v) is 16.8. The molecule has 5 nitrogen and oxygen atoms in total. The second kappa shape index (κ2) is 7.15. The van der Waals surface area contributed by atoms with Crippen molar-refractivity contribution in [1.29, 1.82) is 0 Å². The maximum absolute atomic E-state index is 13.4. The van der Waals surface area contributed by atoms with E-state index in [4.69, 9.17) is 5.10 Å². The lowest BCUT2D eigenvalue weighted by Crippen LogP contribution is -2.47. The van der Waals surface area contributed by atoms with Crippen LogP contribution in [-0.2, 0) is 0 Å². The summed E-state index contributed by atoms with van der Waals surface area (Å²) in [6.45, 7) is 8.31. The first-order chi connectivity index (χ1) is 13.5. The van der Waals surface area contributed by atoms with Crippen LogP contribution in [0.5, 0.6) is 0 Å². The monoisotopic (exact) mass is 374 g/mol. The molecule has 0 saturated heterocycles. The van der Waals surface area contributed by atoms with Gasteiger partial charge in [-0.15, -0.1) is 0 Å². The van der Waals surface area contributed by atoms with Gasteiger partial charge in [0.15, 0.2) is 0 Å². The summed E-state index contributed by atoms with van der Waals surface area (Å²) in [5.41, 5.74) is 5.66. The summed E-state index contributed by atoms with van der Waals surface area (Å²) in [6.07, 6.45) is 0.645. The van der Waals surface area contributed by atoms with E-state index in [0.717, 1.165) is 40.3 Å². The number of benzene rings is 2. The van der Waals surface area contributed by atoms with Gasteiger partial charge in [0.2, 0.25) is 0 Å². The molecule has 1 aliphatic rings. The van der Waals surface area contributed by atoms with Crippen LogP contribution in [-0.4, -0.2) is 26.6 Å². The zero-order valence-electron chi connectivity index (χ0n) is 16.8. The lowest BCUT2D eigenvalue weighted by atomic mass is 9.99. The van der Waals surface area contributed by atoms with Crippen LogP contribution in [0.1, 0.15) is 53.7 Å². The number of hydrogen-bond acceptors (Lipinski definition) is 3. The molecule has 0 saturated carbocycles. The van der Waals surface area contributed by atoms with Crippen molar-refractivity contribution in [1.82, 2.24) is 14.7 Å². The minimum atomic E-state index is -0.241. The lowest BCUT2D eigenvalue weighted by Gasteiger charge is -2.41. The maximum Gasteiger partial charge on any atom is 0.258 e. The summed E-state index contributed by atoms with van der Waals surface area (Å²) < 4.78 is 1.96. The minimum Gasteiger partial charge on any atom is -0.361 e. The van der Waals surface area contributed by atoms with Crippen molar-refractivity contribution in [2.75, 3.05) is 5.32 Å². The van der Waals surface area contributed by atoms with Gasteiger partial charge in [0, 0.05) is 23.0 Å². The number of nitrogens with one attached hydrogen (secondary N) is 1. The fourth-order valence-corrected chi connectivity index (χ4v) is 4.00. The smallest absolute Gasteiger partial charge is 0.258 e. The molecule has 0 bridgehead atoms. The molecule has 0 fully saturated rings. The van der Waals surface area contributed by atoms with Gasteiger partial charge in [-0.05, 0) is 51.5 Å². The predicted octanol–water partition coefficient (Wildman–Crippen LogP) is 4.85. The number of carbonyl (C=O) groups excluding carboxylic acids is 1. The number of rotatable bonds is 4. The highest BCUT2D eigenvalue weighted by molar-refractivity contribution is 6.02. The highest BCUT2D eigenvalue weighted by atomic mass is 16.2. The van der Waals surface area contributed by atoms with Gasteiger partial charge in [0.1, 0.15) is 6.17 Å². The van der Waals surface area contributed by atoms with Crippen molar-refractivity contribution in [3.8, 4) is 5.69 Å². The van der Waals surface area contributed by atoms with Crippen LogP contribution in [0.15, 0.2) is 54.6 Å². The van der Waals surface area contributed by atoms with Gasteiger partial charge in [0.25, 0.3) is 5.91 Å². The topological polar surface area (TPSA) is 50.2 Å². The molecule has 3 aromatic rings. The third-order valence-electron chi connectivity index (χ3n) is 5.65. The largest absolute Gasteiger partial charge is 0.361 e. The van der Waals surface area contributed by atoms with Gasteiger partial charge in [-0.2, -0.15) is 5.10 Å². The molecule has 2 heterocycles. The van der Waals surface area contributed by atoms with Gasteiger partial charge in [0.05, 0.1) is 16.9 Å². The van der Waals surface area contributed by atoms with Crippen molar-refractivity contribution >= 4 is 11.6 Å². The Morgan fingerprint density at radius 3 is 2.46 bits per heavy atom. The van der Waals surface area contributed by atoms with Crippen LogP contribution in [0.2, 0.25) is 0 Å². The molecule has 4 rings (SSSR count). The summed E-state index contributed by atoms with van der Waals surface area (Å²) in [4.78, 5) is 15.3. The van der Waals surface area contributed by atoms with Crippen LogP contribution < -0.4 is 5.32 Å². The van der Waals surface area contributed by atoms with Crippen LogP contribution in [0.4, 0.5) is 5.69 Å². The highest BCUT2D eigenvalue weighted by Gasteiger charge is 2.38. The number of nitrogens with zero attached hydrogens (tertiary/aromatic N) is 3. The van der Waals surface area contributed by atoms with E-state index < -0.39 is 0 Å². The van der Waals surface area contributed by atoms with E-state index in [0.29, 0.717) is 0 Å². The molecule has 1 aliphatic heterocycles. The van der Waals surface area contributed by atoms with Crippen molar-refractivity contribution in [3.63, 3.8) is 0 Å². The second-order valence-corrected chi connectivity index (χ2v) is 7.39. The quantitative estimate of drug-likeness (QED) is 0.710. The summed E-state index contributed by atoms with van der Waals surface area (Å²) in [5, 5.41) is 8.40. The third-order valence-corrected chi connectivity index (χ3v) is 5.65. The number of para-hydroxylation sites is 2. The van der Waals surface area contributed by atoms with E-state index in [1.54, 1.807) is 0 Å². The maximum atomic E-state index is 13.4. The number of fused-ring (bicyclic) bond motifs is 1. The van der Waals surface area contributed by atoms with E-state index in [9.17, 15) is 4.79 Å². The Hall–Kier alpha value is -3.08. The van der Waals surface area contributed by atoms with Crippen molar-refractivity contribution in [2.24, 2.45) is 0 Å². The number of anilines is 1. The Bertz CT molecular complexity index is 1010. The first-order valence-corrected chi connectivity index (χ1v) is 9.82. The van der Waals surface area contributed by atoms with E-state index in [1.165, 1.54) is 0 Å². The fraction of sp³-hybridized carbons (Fsp3) is 0.304. The first-order valence-electron chi connectivity index (χ1n) is 9.82. The summed E-state index contributed by atoms with van der Waals surface area (Å²) in [7, 11) is 0. The molecule has 0 unspecified atom stereocenters. The molecule has 0 aliphatic carbocycles. The lowest BCUT2D eigenvalue weighted by molar-refractivity contribution is 0.0592. The van der Waals surface area contributed by atoms with Crippen molar-refractivity contribution in [3.05, 3.63) is 77.1 Å². The number of carbonyl (C=O) groups is 1. The average molecular weight is 374 g/mol. The predicted molar refractivity (Wildman–Crippen MR) is 112 cm³/mol. The molecular formula is C23H26N4O. The number of amides is 1. The minimum absolute atomic E-state index is 0.0694. The van der Waals surface area contributed by atoms with Gasteiger partial charge < -0.3 is 10.2 Å². The SMILES string of the molecule is CC[C@@H](C)N1C(=O)c2ccccc2N[C@H]1c1c(C)nn(-c2ccccc2)c1C. The highest BCUT2D eigenvalue weighted by Crippen LogP contribution is 2.37. The molecule has 0 spiro atoms. The third kappa shape index (κ3) is 2.87. The Kier molecular flexibility index (Phi) is 4.67. The van der Waals surface area contributed by atoms with Crippen molar-refractivity contribution < 1.29 is 4.79 Å². The molecule has 1 aromatic heterocycles. The van der Waals surface area contributed by atoms with Crippen LogP contribution in [0.3, 0.4) is 0 Å². The number of aromatic nitrogens is 2. The molecule has 1 amide bonds. The summed E-state index contributed by atoms with van der Waals surface area (Å²) in [5.74, 6) is 0.0694. The van der Waals surface area contributed by atoms with Crippen molar-refractivity contribution in [2.45, 2.75) is 46.3 Å². The molecule has 2 aromatic carbocycles. The number of hydrogen-bond donors (Lipinski definition) is 1. The Labute approximate surface area is 166 Å². The Morgan fingerprint density at radius 1 is 1.07 bits per heavy atom. The molecule has 2 atom stereocenters. The first kappa shape index (κ1) is 18.3. The summed E-state index contributed by atoms with van der Waals surface area (Å²) in [6, 6.07) is 18.0. The van der Waals surface area contributed by atoms with Gasteiger partial charge in [-0.1, -0.05) is 37.3 Å². The Morgan fingerprint density at radius 2 is 1.75 bits per heavy atom. The standard InChI is InChI=1S/C23H26N4O/c1-5-15(2)26-22(24-20-14-10-9-13-19(20)23(26)28)21-16(3)25-27(17(21)4)18-11-7-6-8-12-18/h6-15,22,24H,5H2,1-4H3/t15-,22-/m1/s1. The van der Waals surface area contributed by atoms with Crippen LogP contribution in [0.25, 0.3) is 5.69 Å². The molecule has 28 heavy (non-hydrogen) atoms. The van der Waals surface area contributed by atoms with E-state index in [2.05, 4.69) is 26.1 Å². The average Bonchev–Trinajstić information content (AvgIpc) is 3.02. The zero-order chi connectivity index (χ0) is 19.8. The van der Waals surface area contributed by atoms with Gasteiger partial charge >= 0.3 is 0 Å². The molecule has 144 valence electrons. The van der Waals surface area contributed by atoms with Gasteiger partial charge in [-0.3, -0.25) is 4.79 Å². The Balaban J connectivity index is 1.85. The van der Waals surface area contributed by atoms with Crippen LogP contribution >= 0.6 is 0 Å². The van der Waals surface area contributed by atoms with E-state index in [1.807, 2.05) is 71.1 Å². The molecule has 0 radical (unpaired) electrons. The molecular weight excluding hydrogens is 348 g/mol. The molecule has 1 N–H and O–H groups in total. The molecule has 5 heteroatoms.